The number of nitrogens with one attached hydrogen (secondary N) is 2. The molecule has 0 aliphatic heterocycles. The van der Waals surface area contributed by atoms with Crippen LogP contribution in [0.4, 0.5) is 18.9 Å². The van der Waals surface area contributed by atoms with Gasteiger partial charge in [0.2, 0.25) is 0 Å². The number of aromatic nitrogens is 1. The first-order valence-corrected chi connectivity index (χ1v) is 8.50. The maximum absolute atomic E-state index is 12.5. The number of esters is 1. The molecule has 1 aromatic carbocycles. The van der Waals surface area contributed by atoms with E-state index in [9.17, 15) is 22.8 Å². The van der Waals surface area contributed by atoms with Crippen molar-refractivity contribution in [3.8, 4) is 0 Å². The van der Waals surface area contributed by atoms with Gasteiger partial charge in [-0.3, -0.25) is 4.79 Å². The second-order valence-electron chi connectivity index (χ2n) is 5.47. The Labute approximate surface area is 152 Å². The number of thioether (sulfide) groups is 1. The lowest BCUT2D eigenvalue weighted by Crippen LogP contribution is -2.15. The van der Waals surface area contributed by atoms with Crippen LogP contribution in [0.25, 0.3) is 0 Å². The van der Waals surface area contributed by atoms with Crippen LogP contribution in [0.2, 0.25) is 0 Å². The molecule has 0 spiro atoms. The van der Waals surface area contributed by atoms with Crippen molar-refractivity contribution in [2.45, 2.75) is 24.9 Å². The summed E-state index contributed by atoms with van der Waals surface area (Å²) in [4.78, 5) is 27.5. The van der Waals surface area contributed by atoms with Crippen LogP contribution in [0, 0.1) is 13.8 Å². The third-order valence-corrected chi connectivity index (χ3v) is 4.72. The van der Waals surface area contributed by atoms with Gasteiger partial charge in [0.25, 0.3) is 5.91 Å². The van der Waals surface area contributed by atoms with Crippen LogP contribution in [-0.2, 0) is 4.74 Å². The van der Waals surface area contributed by atoms with E-state index in [1.807, 2.05) is 0 Å². The van der Waals surface area contributed by atoms with Crippen LogP contribution in [0.3, 0.4) is 0 Å². The second-order valence-corrected chi connectivity index (χ2v) is 6.49. The molecule has 0 saturated heterocycles. The van der Waals surface area contributed by atoms with Gasteiger partial charge in [-0.15, -0.1) is 11.8 Å². The highest BCUT2D eigenvalue weighted by atomic mass is 32.2. The predicted molar refractivity (Wildman–Crippen MR) is 92.8 cm³/mol. The zero-order valence-corrected chi connectivity index (χ0v) is 15.1. The number of carbonyl (C=O) groups is 2. The molecule has 26 heavy (non-hydrogen) atoms. The fourth-order valence-electron chi connectivity index (χ4n) is 2.43. The molecule has 2 aromatic rings. The number of hydrogen-bond donors (Lipinski definition) is 2. The van der Waals surface area contributed by atoms with Crippen molar-refractivity contribution < 1.29 is 27.5 Å². The number of alkyl halides is 3. The highest BCUT2D eigenvalue weighted by Gasteiger charge is 2.28. The van der Waals surface area contributed by atoms with E-state index in [1.165, 1.54) is 19.2 Å². The summed E-state index contributed by atoms with van der Waals surface area (Å²) in [6.45, 7) is 3.22. The molecule has 0 radical (unpaired) electrons. The van der Waals surface area contributed by atoms with Crippen LogP contribution in [0.5, 0.6) is 0 Å². The number of amides is 1. The first-order chi connectivity index (χ1) is 12.1. The fraction of sp³-hybridized carbons (Fsp3) is 0.294. The Balaban J connectivity index is 2.25. The van der Waals surface area contributed by atoms with Crippen molar-refractivity contribution in [1.29, 1.82) is 0 Å². The summed E-state index contributed by atoms with van der Waals surface area (Å²) in [6.07, 6.45) is -4.32. The minimum atomic E-state index is -4.32. The van der Waals surface area contributed by atoms with Gasteiger partial charge in [-0.05, 0) is 31.5 Å². The largest absolute Gasteiger partial charge is 0.465 e. The Morgan fingerprint density at radius 3 is 2.50 bits per heavy atom. The van der Waals surface area contributed by atoms with E-state index in [0.717, 1.165) is 0 Å². The zero-order valence-electron chi connectivity index (χ0n) is 14.3. The van der Waals surface area contributed by atoms with Gasteiger partial charge in [0.1, 0.15) is 5.69 Å². The molecule has 2 N–H and O–H groups in total. The summed E-state index contributed by atoms with van der Waals surface area (Å²) in [6, 6.07) is 6.22. The number of H-pyrrole nitrogens is 1. The normalized spacial score (nSPS) is 11.3. The average molecular weight is 386 g/mol. The first kappa shape index (κ1) is 19.9. The summed E-state index contributed by atoms with van der Waals surface area (Å²) < 4.78 is 42.1. The van der Waals surface area contributed by atoms with Gasteiger partial charge >= 0.3 is 12.1 Å². The standard InChI is InChI=1S/C17H17F3N2O3S/c1-9-13(16(24)25-3)10(2)21-14(9)15(23)22-11-6-4-5-7-12(11)26-8-17(18,19)20/h4-7,21H,8H2,1-3H3,(H,22,23). The summed E-state index contributed by atoms with van der Waals surface area (Å²) in [5.41, 5.74) is 1.56. The lowest BCUT2D eigenvalue weighted by atomic mass is 10.1. The Morgan fingerprint density at radius 2 is 1.88 bits per heavy atom. The van der Waals surface area contributed by atoms with Crippen molar-refractivity contribution in [1.82, 2.24) is 4.98 Å². The number of halogens is 3. The van der Waals surface area contributed by atoms with Gasteiger partial charge in [0.05, 0.1) is 24.1 Å². The van der Waals surface area contributed by atoms with Gasteiger partial charge in [-0.2, -0.15) is 13.2 Å². The molecule has 5 nitrogen and oxygen atoms in total. The van der Waals surface area contributed by atoms with Gasteiger partial charge in [-0.1, -0.05) is 12.1 Å². The number of ether oxygens (including phenoxy) is 1. The molecule has 2 rings (SSSR count). The highest BCUT2D eigenvalue weighted by Crippen LogP contribution is 2.32. The SMILES string of the molecule is COC(=O)c1c(C)[nH]c(C(=O)Nc2ccccc2SCC(F)(F)F)c1C. The lowest BCUT2D eigenvalue weighted by molar-refractivity contribution is -0.105. The van der Waals surface area contributed by atoms with E-state index in [2.05, 4.69) is 10.3 Å². The monoisotopic (exact) mass is 386 g/mol. The summed E-state index contributed by atoms with van der Waals surface area (Å²) in [5, 5.41) is 2.59. The predicted octanol–water partition coefficient (Wildman–Crippen LogP) is 4.32. The molecule has 1 heterocycles. The fourth-order valence-corrected chi connectivity index (χ4v) is 3.19. The molecule has 1 amide bonds. The third-order valence-electron chi connectivity index (χ3n) is 3.58. The summed E-state index contributed by atoms with van der Waals surface area (Å²) in [7, 11) is 1.24. The van der Waals surface area contributed by atoms with Crippen LogP contribution in [0.1, 0.15) is 32.1 Å². The number of benzene rings is 1. The number of aryl methyl sites for hydroxylation is 1. The van der Waals surface area contributed by atoms with E-state index < -0.39 is 23.8 Å². The minimum absolute atomic E-state index is 0.151. The maximum atomic E-state index is 12.5. The number of aromatic amines is 1. The Bertz CT molecular complexity index is 831. The number of hydrogen-bond acceptors (Lipinski definition) is 4. The average Bonchev–Trinajstić information content (AvgIpc) is 2.87. The smallest absolute Gasteiger partial charge is 0.398 e. The minimum Gasteiger partial charge on any atom is -0.465 e. The van der Waals surface area contributed by atoms with E-state index in [-0.39, 0.29) is 16.9 Å². The highest BCUT2D eigenvalue weighted by molar-refractivity contribution is 7.99. The maximum Gasteiger partial charge on any atom is 0.398 e. The molecular formula is C17H17F3N2O3S. The van der Waals surface area contributed by atoms with Crippen molar-refractivity contribution >= 4 is 29.3 Å². The Hall–Kier alpha value is -2.42. The number of anilines is 1. The van der Waals surface area contributed by atoms with E-state index in [1.54, 1.807) is 26.0 Å². The van der Waals surface area contributed by atoms with Crippen LogP contribution in [0.15, 0.2) is 29.2 Å². The molecule has 0 saturated carbocycles. The third kappa shape index (κ3) is 4.60. The van der Waals surface area contributed by atoms with E-state index in [0.29, 0.717) is 27.9 Å². The Kier molecular flexibility index (Phi) is 6.01. The van der Waals surface area contributed by atoms with E-state index >= 15 is 0 Å². The Morgan fingerprint density at radius 1 is 1.23 bits per heavy atom. The zero-order chi connectivity index (χ0) is 19.5. The van der Waals surface area contributed by atoms with Crippen molar-refractivity contribution in [2.75, 3.05) is 18.2 Å². The van der Waals surface area contributed by atoms with E-state index in [4.69, 9.17) is 4.74 Å². The molecule has 9 heteroatoms. The number of para-hydroxylation sites is 1. The second kappa shape index (κ2) is 7.86. The lowest BCUT2D eigenvalue weighted by Gasteiger charge is -2.12. The first-order valence-electron chi connectivity index (χ1n) is 7.51. The molecule has 0 atom stereocenters. The van der Waals surface area contributed by atoms with Crippen molar-refractivity contribution in [3.05, 3.63) is 46.8 Å². The molecule has 0 aliphatic carbocycles. The van der Waals surface area contributed by atoms with Gasteiger partial charge in [0, 0.05) is 10.6 Å². The molecule has 1 aromatic heterocycles. The molecule has 0 unspecified atom stereocenters. The molecule has 0 fully saturated rings. The number of rotatable bonds is 5. The van der Waals surface area contributed by atoms with Crippen LogP contribution in [-0.4, -0.2) is 35.9 Å². The molecule has 140 valence electrons. The van der Waals surface area contributed by atoms with Gasteiger partial charge in [0.15, 0.2) is 0 Å². The van der Waals surface area contributed by atoms with Crippen LogP contribution < -0.4 is 5.32 Å². The molecule has 0 bridgehead atoms. The molecule has 0 aliphatic rings. The van der Waals surface area contributed by atoms with Crippen molar-refractivity contribution in [3.63, 3.8) is 0 Å². The summed E-state index contributed by atoms with van der Waals surface area (Å²) >= 11 is 0.588. The summed E-state index contributed by atoms with van der Waals surface area (Å²) in [5.74, 6) is -2.19. The van der Waals surface area contributed by atoms with Gasteiger partial charge < -0.3 is 15.0 Å². The van der Waals surface area contributed by atoms with Crippen molar-refractivity contribution in [2.24, 2.45) is 0 Å². The number of methoxy groups -OCH3 is 1. The van der Waals surface area contributed by atoms with Crippen LogP contribution >= 0.6 is 11.8 Å². The van der Waals surface area contributed by atoms with Gasteiger partial charge in [-0.25, -0.2) is 4.79 Å². The quantitative estimate of drug-likeness (QED) is 0.593. The topological polar surface area (TPSA) is 71.2 Å². The molecular weight excluding hydrogens is 369 g/mol. The number of carbonyl (C=O) groups excluding carboxylic acids is 2.